The van der Waals surface area contributed by atoms with Crippen LogP contribution in [0.3, 0.4) is 0 Å². The van der Waals surface area contributed by atoms with Crippen LogP contribution in [0, 0.1) is 17.6 Å². The van der Waals surface area contributed by atoms with Gasteiger partial charge in [-0.25, -0.2) is 18.7 Å². The van der Waals surface area contributed by atoms with Crippen molar-refractivity contribution in [2.24, 2.45) is 5.92 Å². The van der Waals surface area contributed by atoms with E-state index in [2.05, 4.69) is 25.1 Å². The Kier molecular flexibility index (Phi) is 6.37. The van der Waals surface area contributed by atoms with Crippen molar-refractivity contribution in [1.29, 1.82) is 0 Å². The maximum absolute atomic E-state index is 13.7. The molecule has 160 valence electrons. The Bertz CT molecular complexity index is 866. The van der Waals surface area contributed by atoms with E-state index in [0.717, 1.165) is 37.9 Å². The summed E-state index contributed by atoms with van der Waals surface area (Å²) in [6, 6.07) is 3.37. The second kappa shape index (κ2) is 9.34. The Morgan fingerprint density at radius 3 is 2.43 bits per heavy atom. The van der Waals surface area contributed by atoms with Crippen LogP contribution in [-0.2, 0) is 16.1 Å². The minimum absolute atomic E-state index is 0.0575. The van der Waals surface area contributed by atoms with Crippen LogP contribution >= 0.6 is 0 Å². The molecule has 0 spiro atoms. The zero-order valence-electron chi connectivity index (χ0n) is 16.7. The molecule has 1 amide bonds. The van der Waals surface area contributed by atoms with Crippen LogP contribution in [0.25, 0.3) is 0 Å². The first-order valence-electron chi connectivity index (χ1n) is 10.2. The lowest BCUT2D eigenvalue weighted by atomic mass is 9.95. The number of carbonyl (C=O) groups is 1. The molecule has 2 aromatic rings. The van der Waals surface area contributed by atoms with Crippen molar-refractivity contribution in [3.63, 3.8) is 0 Å². The van der Waals surface area contributed by atoms with Gasteiger partial charge in [-0.2, -0.15) is 0 Å². The average molecular weight is 417 g/mol. The van der Waals surface area contributed by atoms with Crippen molar-refractivity contribution >= 4 is 17.5 Å². The molecule has 4 rings (SSSR count). The molecular weight excluding hydrogens is 392 g/mol. The standard InChI is InChI=1S/C21H25F2N5O2/c22-17-2-1-16(19(23)11-17)12-24-20(29)15-3-5-27(6-4-15)18-13-25-21(26-14-18)28-7-9-30-10-8-28/h1-2,11,13-15H,3-10,12H2,(H,24,29). The average Bonchev–Trinajstić information content (AvgIpc) is 2.79. The van der Waals surface area contributed by atoms with Crippen LogP contribution in [0.5, 0.6) is 0 Å². The summed E-state index contributed by atoms with van der Waals surface area (Å²) < 4.78 is 32.0. The Balaban J connectivity index is 1.26. The lowest BCUT2D eigenvalue weighted by Crippen LogP contribution is -2.40. The first-order chi connectivity index (χ1) is 14.6. The fourth-order valence-electron chi connectivity index (χ4n) is 3.80. The third kappa shape index (κ3) is 4.84. The van der Waals surface area contributed by atoms with E-state index in [0.29, 0.717) is 32.0 Å². The van der Waals surface area contributed by atoms with Crippen LogP contribution < -0.4 is 15.1 Å². The van der Waals surface area contributed by atoms with E-state index in [9.17, 15) is 13.6 Å². The van der Waals surface area contributed by atoms with Gasteiger partial charge < -0.3 is 19.9 Å². The maximum Gasteiger partial charge on any atom is 0.225 e. The predicted molar refractivity (Wildman–Crippen MR) is 108 cm³/mol. The van der Waals surface area contributed by atoms with E-state index in [4.69, 9.17) is 4.74 Å². The number of aromatic nitrogens is 2. The fourth-order valence-corrected chi connectivity index (χ4v) is 3.80. The summed E-state index contributed by atoms with van der Waals surface area (Å²) in [6.45, 7) is 4.47. The molecule has 0 aliphatic carbocycles. The second-order valence-electron chi connectivity index (χ2n) is 7.56. The lowest BCUT2D eigenvalue weighted by molar-refractivity contribution is -0.125. The highest BCUT2D eigenvalue weighted by molar-refractivity contribution is 5.79. The molecule has 9 heteroatoms. The fraction of sp³-hybridized carbons (Fsp3) is 0.476. The van der Waals surface area contributed by atoms with Gasteiger partial charge in [0.25, 0.3) is 0 Å². The highest BCUT2D eigenvalue weighted by atomic mass is 19.1. The molecule has 0 radical (unpaired) electrons. The van der Waals surface area contributed by atoms with Gasteiger partial charge in [-0.05, 0) is 18.9 Å². The SMILES string of the molecule is O=C(NCc1ccc(F)cc1F)C1CCN(c2cnc(N3CCOCC3)nc2)CC1. The number of amides is 1. The molecule has 0 unspecified atom stereocenters. The van der Waals surface area contributed by atoms with E-state index in [-0.39, 0.29) is 23.9 Å². The van der Waals surface area contributed by atoms with Gasteiger partial charge in [0.2, 0.25) is 11.9 Å². The molecule has 3 heterocycles. The molecule has 1 N–H and O–H groups in total. The smallest absolute Gasteiger partial charge is 0.225 e. The molecule has 1 aromatic carbocycles. The summed E-state index contributed by atoms with van der Waals surface area (Å²) in [7, 11) is 0. The van der Waals surface area contributed by atoms with Crippen LogP contribution in [-0.4, -0.2) is 55.3 Å². The number of hydrogen-bond donors (Lipinski definition) is 1. The van der Waals surface area contributed by atoms with Gasteiger partial charge in [-0.3, -0.25) is 4.79 Å². The van der Waals surface area contributed by atoms with Crippen molar-refractivity contribution in [2.45, 2.75) is 19.4 Å². The number of nitrogens with zero attached hydrogens (tertiary/aromatic N) is 4. The first kappa shape index (κ1) is 20.5. The van der Waals surface area contributed by atoms with Crippen LogP contribution in [0.15, 0.2) is 30.6 Å². The van der Waals surface area contributed by atoms with Crippen LogP contribution in [0.1, 0.15) is 18.4 Å². The van der Waals surface area contributed by atoms with Gasteiger partial charge in [-0.15, -0.1) is 0 Å². The van der Waals surface area contributed by atoms with Crippen molar-refractivity contribution in [2.75, 3.05) is 49.2 Å². The molecule has 2 saturated heterocycles. The van der Waals surface area contributed by atoms with E-state index in [1.807, 2.05) is 12.4 Å². The number of rotatable bonds is 5. The summed E-state index contributed by atoms with van der Waals surface area (Å²) in [5.74, 6) is -0.789. The summed E-state index contributed by atoms with van der Waals surface area (Å²) in [5, 5.41) is 2.77. The van der Waals surface area contributed by atoms with E-state index in [1.165, 1.54) is 12.1 Å². The molecule has 0 atom stereocenters. The van der Waals surface area contributed by atoms with Crippen molar-refractivity contribution in [3.8, 4) is 0 Å². The van der Waals surface area contributed by atoms with Gasteiger partial charge in [0.15, 0.2) is 0 Å². The third-order valence-corrected chi connectivity index (χ3v) is 5.62. The van der Waals surface area contributed by atoms with Gasteiger partial charge in [0.1, 0.15) is 11.6 Å². The Hall–Kier alpha value is -2.81. The highest BCUT2D eigenvalue weighted by Gasteiger charge is 2.25. The molecule has 0 saturated carbocycles. The molecule has 2 aliphatic rings. The molecule has 1 aromatic heterocycles. The second-order valence-corrected chi connectivity index (χ2v) is 7.56. The highest BCUT2D eigenvalue weighted by Crippen LogP contribution is 2.23. The quantitative estimate of drug-likeness (QED) is 0.804. The zero-order chi connectivity index (χ0) is 20.9. The van der Waals surface area contributed by atoms with Crippen LogP contribution in [0.2, 0.25) is 0 Å². The number of carbonyl (C=O) groups excluding carboxylic acids is 1. The summed E-state index contributed by atoms with van der Waals surface area (Å²) in [4.78, 5) is 25.7. The summed E-state index contributed by atoms with van der Waals surface area (Å²) in [6.07, 6.45) is 5.05. The Morgan fingerprint density at radius 2 is 1.77 bits per heavy atom. The number of piperidine rings is 1. The molecule has 7 nitrogen and oxygen atoms in total. The van der Waals surface area contributed by atoms with Crippen molar-refractivity contribution in [3.05, 3.63) is 47.8 Å². The zero-order valence-corrected chi connectivity index (χ0v) is 16.7. The molecular formula is C21H25F2N5O2. The van der Waals surface area contributed by atoms with Gasteiger partial charge >= 0.3 is 0 Å². The number of morpholine rings is 1. The summed E-state index contributed by atoms with van der Waals surface area (Å²) >= 11 is 0. The van der Waals surface area contributed by atoms with Crippen molar-refractivity contribution < 1.29 is 18.3 Å². The topological polar surface area (TPSA) is 70.6 Å². The van der Waals surface area contributed by atoms with Crippen molar-refractivity contribution in [1.82, 2.24) is 15.3 Å². The van der Waals surface area contributed by atoms with Crippen LogP contribution in [0.4, 0.5) is 20.4 Å². The number of benzene rings is 1. The van der Waals surface area contributed by atoms with E-state index < -0.39 is 11.6 Å². The number of hydrogen-bond acceptors (Lipinski definition) is 6. The van der Waals surface area contributed by atoms with E-state index >= 15 is 0 Å². The normalized spacial score (nSPS) is 17.8. The Morgan fingerprint density at radius 1 is 1.07 bits per heavy atom. The third-order valence-electron chi connectivity index (χ3n) is 5.62. The van der Waals surface area contributed by atoms with Gasteiger partial charge in [0, 0.05) is 50.3 Å². The van der Waals surface area contributed by atoms with Gasteiger partial charge in [-0.1, -0.05) is 6.07 Å². The minimum atomic E-state index is -0.648. The predicted octanol–water partition coefficient (Wildman–Crippen LogP) is 2.12. The number of anilines is 2. The number of ether oxygens (including phenoxy) is 1. The molecule has 30 heavy (non-hydrogen) atoms. The minimum Gasteiger partial charge on any atom is -0.378 e. The lowest BCUT2D eigenvalue weighted by Gasteiger charge is -2.33. The largest absolute Gasteiger partial charge is 0.378 e. The Labute approximate surface area is 174 Å². The summed E-state index contributed by atoms with van der Waals surface area (Å²) in [5.41, 5.74) is 1.22. The first-order valence-corrected chi connectivity index (χ1v) is 10.2. The molecule has 0 bridgehead atoms. The monoisotopic (exact) mass is 417 g/mol. The van der Waals surface area contributed by atoms with E-state index in [1.54, 1.807) is 0 Å². The number of halogens is 2. The van der Waals surface area contributed by atoms with Gasteiger partial charge in [0.05, 0.1) is 31.3 Å². The molecule has 2 aliphatic heterocycles. The number of nitrogens with one attached hydrogen (secondary N) is 1. The molecule has 2 fully saturated rings. The maximum atomic E-state index is 13.7.